The number of carbonyl (C=O) groups excluding carboxylic acids is 1. The van der Waals surface area contributed by atoms with Crippen molar-refractivity contribution in [1.82, 2.24) is 0 Å². The number of carbonyl (C=O) groups is 1. The molecule has 96 valence electrons. The van der Waals surface area contributed by atoms with Gasteiger partial charge in [0.1, 0.15) is 0 Å². The van der Waals surface area contributed by atoms with Crippen LogP contribution in [0.4, 0.5) is 0 Å². The van der Waals surface area contributed by atoms with Crippen LogP contribution in [0.2, 0.25) is 0 Å². The second kappa shape index (κ2) is 14.4. The summed E-state index contributed by atoms with van der Waals surface area (Å²) in [4.78, 5) is 11.4. The molecule has 0 aliphatic heterocycles. The van der Waals surface area contributed by atoms with Gasteiger partial charge >= 0.3 is 0 Å². The average molecular weight is 319 g/mol. The smallest absolute Gasteiger partial charge is 0.198 e. The highest BCUT2D eigenvalue weighted by Crippen LogP contribution is 2.18. The van der Waals surface area contributed by atoms with Gasteiger partial charge in [-0.1, -0.05) is 11.8 Å². The normalized spacial score (nSPS) is 10.6. The van der Waals surface area contributed by atoms with Crippen LogP contribution in [0.1, 0.15) is 0 Å². The minimum Gasteiger partial charge on any atom is -0.396 e. The van der Waals surface area contributed by atoms with Crippen LogP contribution in [0, 0.1) is 0 Å². The third kappa shape index (κ3) is 13.4. The molecule has 1 N–H and O–H groups in total. The lowest BCUT2D eigenvalue weighted by Gasteiger charge is -2.01. The van der Waals surface area contributed by atoms with Crippen LogP contribution in [0.5, 0.6) is 0 Å². The number of aliphatic hydroxyl groups excluding tert-OH is 1. The van der Waals surface area contributed by atoms with Crippen molar-refractivity contribution >= 4 is 63.9 Å². The fraction of sp³-hybridized carbons (Fsp3) is 0.889. The van der Waals surface area contributed by atoms with Gasteiger partial charge in [0, 0.05) is 27.4 Å². The Labute approximate surface area is 119 Å². The van der Waals surface area contributed by atoms with Gasteiger partial charge in [0.15, 0.2) is 5.12 Å². The van der Waals surface area contributed by atoms with Gasteiger partial charge in [-0.05, 0) is 6.26 Å². The largest absolute Gasteiger partial charge is 0.396 e. The lowest BCUT2D eigenvalue weighted by molar-refractivity contribution is -0.108. The molecule has 0 saturated heterocycles. The molecule has 0 amide bonds. The van der Waals surface area contributed by atoms with E-state index in [2.05, 4.69) is 6.26 Å². The summed E-state index contributed by atoms with van der Waals surface area (Å²) in [6.45, 7) is 0.228. The molecule has 0 aromatic carbocycles. The van der Waals surface area contributed by atoms with E-state index in [0.29, 0.717) is 5.75 Å². The third-order valence-electron chi connectivity index (χ3n) is 1.31. The summed E-state index contributed by atoms with van der Waals surface area (Å²) in [5.74, 6) is 3.20. The van der Waals surface area contributed by atoms with E-state index in [9.17, 15) is 4.79 Å². The average Bonchev–Trinajstić information content (AvgIpc) is 2.28. The maximum Gasteiger partial charge on any atom is 0.198 e. The number of hydrogen-bond acceptors (Lipinski definition) is 7. The fourth-order valence-electron chi connectivity index (χ4n) is 0.724. The molecule has 2 nitrogen and oxygen atoms in total. The van der Waals surface area contributed by atoms with E-state index in [1.54, 1.807) is 23.5 Å². The maximum atomic E-state index is 11.4. The Balaban J connectivity index is 3.12. The lowest BCUT2D eigenvalue weighted by Crippen LogP contribution is -1.99. The maximum absolute atomic E-state index is 11.4. The molecular weight excluding hydrogens is 300 g/mol. The molecule has 0 unspecified atom stereocenters. The van der Waals surface area contributed by atoms with Gasteiger partial charge in [0.25, 0.3) is 0 Å². The molecule has 0 heterocycles. The fourth-order valence-corrected chi connectivity index (χ4v) is 5.20. The number of hydrogen-bond donors (Lipinski definition) is 1. The van der Waals surface area contributed by atoms with E-state index in [1.807, 2.05) is 23.5 Å². The van der Waals surface area contributed by atoms with Crippen molar-refractivity contribution in [2.45, 2.75) is 0 Å². The predicted octanol–water partition coefficient (Wildman–Crippen LogP) is 2.72. The summed E-state index contributed by atoms with van der Waals surface area (Å²) in [5.41, 5.74) is 0. The van der Waals surface area contributed by atoms with Gasteiger partial charge in [0.05, 0.1) is 12.4 Å². The third-order valence-corrected chi connectivity index (χ3v) is 7.00. The number of thioether (sulfide) groups is 5. The first-order valence-corrected chi connectivity index (χ1v) is 10.6. The van der Waals surface area contributed by atoms with Gasteiger partial charge in [-0.3, -0.25) is 4.79 Å². The standard InChI is InChI=1S/C9H18O2S5/c1-12-7-15-8-14-6-9(11)16-5-4-13-3-2-10/h10H,2-8H2,1H3. The monoisotopic (exact) mass is 318 g/mol. The molecule has 0 rings (SSSR count). The summed E-state index contributed by atoms with van der Waals surface area (Å²) in [7, 11) is 0. The Morgan fingerprint density at radius 3 is 2.56 bits per heavy atom. The Morgan fingerprint density at radius 2 is 1.88 bits per heavy atom. The van der Waals surface area contributed by atoms with Gasteiger partial charge in [-0.15, -0.1) is 23.5 Å². The van der Waals surface area contributed by atoms with Crippen molar-refractivity contribution in [3.8, 4) is 0 Å². The number of rotatable bonds is 11. The highest BCUT2D eigenvalue weighted by atomic mass is 32.2. The molecule has 0 aliphatic rings. The Bertz CT molecular complexity index is 152. The zero-order valence-electron chi connectivity index (χ0n) is 9.35. The Kier molecular flexibility index (Phi) is 15.7. The molecule has 0 aliphatic carbocycles. The molecule has 0 atom stereocenters. The van der Waals surface area contributed by atoms with Gasteiger partial charge in [-0.25, -0.2) is 0 Å². The van der Waals surface area contributed by atoms with Crippen LogP contribution in [0.25, 0.3) is 0 Å². The van der Waals surface area contributed by atoms with Crippen LogP contribution < -0.4 is 0 Å². The lowest BCUT2D eigenvalue weighted by atomic mass is 10.9. The number of aliphatic hydroxyl groups is 1. The summed E-state index contributed by atoms with van der Waals surface area (Å²) < 4.78 is 0. The van der Waals surface area contributed by atoms with Crippen molar-refractivity contribution in [3.63, 3.8) is 0 Å². The van der Waals surface area contributed by atoms with Gasteiger partial charge in [-0.2, -0.15) is 23.5 Å². The molecule has 0 saturated carbocycles. The highest BCUT2D eigenvalue weighted by Gasteiger charge is 2.02. The van der Waals surface area contributed by atoms with E-state index in [0.717, 1.165) is 27.4 Å². The van der Waals surface area contributed by atoms with E-state index in [1.165, 1.54) is 11.8 Å². The van der Waals surface area contributed by atoms with E-state index in [4.69, 9.17) is 5.11 Å². The molecule has 0 spiro atoms. The van der Waals surface area contributed by atoms with Gasteiger partial charge < -0.3 is 5.11 Å². The summed E-state index contributed by atoms with van der Waals surface area (Å²) in [6, 6.07) is 0. The van der Waals surface area contributed by atoms with Crippen molar-refractivity contribution in [1.29, 1.82) is 0 Å². The minimum atomic E-state index is 0.228. The van der Waals surface area contributed by atoms with Crippen LogP contribution in [-0.4, -0.2) is 56.3 Å². The predicted molar refractivity (Wildman–Crippen MR) is 85.2 cm³/mol. The van der Waals surface area contributed by atoms with E-state index in [-0.39, 0.29) is 11.7 Å². The van der Waals surface area contributed by atoms with Crippen molar-refractivity contribution in [3.05, 3.63) is 0 Å². The van der Waals surface area contributed by atoms with Crippen molar-refractivity contribution < 1.29 is 9.90 Å². The zero-order valence-corrected chi connectivity index (χ0v) is 13.4. The Morgan fingerprint density at radius 1 is 1.06 bits per heavy atom. The molecule has 7 heteroatoms. The zero-order chi connectivity index (χ0) is 12.1. The highest BCUT2D eigenvalue weighted by molar-refractivity contribution is 8.23. The van der Waals surface area contributed by atoms with E-state index >= 15 is 0 Å². The molecular formula is C9H18O2S5. The molecule has 0 bridgehead atoms. The first kappa shape index (κ1) is 17.4. The van der Waals surface area contributed by atoms with Crippen LogP contribution in [0.15, 0.2) is 0 Å². The summed E-state index contributed by atoms with van der Waals surface area (Å²) in [5, 5.41) is 10.9. The Hall–Kier alpha value is 1.38. The molecule has 0 aromatic rings. The summed E-state index contributed by atoms with van der Waals surface area (Å²) >= 11 is 8.49. The second-order valence-electron chi connectivity index (χ2n) is 2.63. The van der Waals surface area contributed by atoms with Gasteiger partial charge in [0.2, 0.25) is 0 Å². The first-order valence-electron chi connectivity index (χ1n) is 4.80. The first-order chi connectivity index (χ1) is 7.81. The molecule has 0 aromatic heterocycles. The quantitative estimate of drug-likeness (QED) is 0.464. The van der Waals surface area contributed by atoms with Crippen molar-refractivity contribution in [2.75, 3.05) is 46.0 Å². The SMILES string of the molecule is CSCSCSCC(=O)SCCSCCO. The minimum absolute atomic E-state index is 0.228. The molecule has 0 radical (unpaired) electrons. The van der Waals surface area contributed by atoms with Crippen LogP contribution >= 0.6 is 58.8 Å². The second-order valence-corrected chi connectivity index (χ2v) is 8.58. The van der Waals surface area contributed by atoms with Crippen LogP contribution in [0.3, 0.4) is 0 Å². The molecule has 16 heavy (non-hydrogen) atoms. The topological polar surface area (TPSA) is 37.3 Å². The van der Waals surface area contributed by atoms with Crippen molar-refractivity contribution in [2.24, 2.45) is 0 Å². The van der Waals surface area contributed by atoms with E-state index < -0.39 is 0 Å². The van der Waals surface area contributed by atoms with Crippen LogP contribution in [-0.2, 0) is 4.79 Å². The summed E-state index contributed by atoms with van der Waals surface area (Å²) in [6.07, 6.45) is 2.09. The molecule has 0 fully saturated rings.